The number of hydrogen-bond acceptors (Lipinski definition) is 4. The first-order chi connectivity index (χ1) is 9.76. The van der Waals surface area contributed by atoms with Gasteiger partial charge in [0, 0.05) is 11.7 Å². The number of aliphatic carboxylic acids is 1. The van der Waals surface area contributed by atoms with Crippen LogP contribution >= 0.6 is 0 Å². The first kappa shape index (κ1) is 17.0. The van der Waals surface area contributed by atoms with Crippen molar-refractivity contribution < 1.29 is 18.3 Å². The predicted octanol–water partition coefficient (Wildman–Crippen LogP) is 0.897. The topological polar surface area (TPSA) is 86.7 Å². The number of benzene rings is 1. The highest BCUT2D eigenvalue weighted by Crippen LogP contribution is 2.18. The van der Waals surface area contributed by atoms with Crippen molar-refractivity contribution in [3.63, 3.8) is 0 Å². The average molecular weight is 310 g/mol. The van der Waals surface area contributed by atoms with Gasteiger partial charge in [-0.1, -0.05) is 5.92 Å². The molecule has 0 aliphatic rings. The molecule has 6 nitrogen and oxygen atoms in total. The Morgan fingerprint density at radius 1 is 1.38 bits per heavy atom. The Morgan fingerprint density at radius 3 is 2.38 bits per heavy atom. The van der Waals surface area contributed by atoms with Gasteiger partial charge in [-0.3, -0.25) is 4.79 Å². The third kappa shape index (κ3) is 5.10. The smallest absolute Gasteiger partial charge is 0.323 e. The standard InChI is InChI=1S/C14H18N2O4S/c1-4-9-16(10-14(17)18)12-5-7-13(8-6-12)21(19,20)15-11(2)3/h1,5-8,11,15H,9-10H2,2-3H3,(H,17,18). The minimum atomic E-state index is -3.56. The summed E-state index contributed by atoms with van der Waals surface area (Å²) < 4.78 is 26.4. The number of anilines is 1. The lowest BCUT2D eigenvalue weighted by atomic mass is 10.3. The fourth-order valence-corrected chi connectivity index (χ4v) is 2.98. The van der Waals surface area contributed by atoms with Gasteiger partial charge in [-0.15, -0.1) is 6.42 Å². The van der Waals surface area contributed by atoms with Crippen molar-refractivity contribution in [2.75, 3.05) is 18.0 Å². The van der Waals surface area contributed by atoms with E-state index in [-0.39, 0.29) is 24.0 Å². The number of carboxylic acids is 1. The maximum atomic E-state index is 12.0. The van der Waals surface area contributed by atoms with Crippen LogP contribution < -0.4 is 9.62 Å². The summed E-state index contributed by atoms with van der Waals surface area (Å²) in [4.78, 5) is 12.4. The SMILES string of the molecule is C#CCN(CC(=O)O)c1ccc(S(=O)(=O)NC(C)C)cc1. The van der Waals surface area contributed by atoms with Crippen LogP contribution in [0.2, 0.25) is 0 Å². The molecule has 0 amide bonds. The summed E-state index contributed by atoms with van der Waals surface area (Å²) in [5.41, 5.74) is 0.554. The Hall–Kier alpha value is -2.04. The first-order valence-corrected chi connectivity index (χ1v) is 7.77. The number of carbonyl (C=O) groups is 1. The Balaban J connectivity index is 3.00. The molecule has 0 saturated carbocycles. The van der Waals surface area contributed by atoms with Gasteiger partial charge in [0.2, 0.25) is 10.0 Å². The normalized spacial score (nSPS) is 11.1. The molecule has 1 rings (SSSR count). The van der Waals surface area contributed by atoms with Gasteiger partial charge in [0.25, 0.3) is 0 Å². The van der Waals surface area contributed by atoms with Crippen LogP contribution in [0.3, 0.4) is 0 Å². The molecule has 2 N–H and O–H groups in total. The second-order valence-corrected chi connectivity index (χ2v) is 6.44. The lowest BCUT2D eigenvalue weighted by Gasteiger charge is -2.20. The summed E-state index contributed by atoms with van der Waals surface area (Å²) in [6.45, 7) is 3.34. The number of carboxylic acid groups (broad SMARTS) is 1. The molecular formula is C14H18N2O4S. The summed E-state index contributed by atoms with van der Waals surface area (Å²) in [6, 6.07) is 5.71. The lowest BCUT2D eigenvalue weighted by molar-refractivity contribution is -0.135. The average Bonchev–Trinajstić information content (AvgIpc) is 2.36. The van der Waals surface area contributed by atoms with Crippen molar-refractivity contribution in [3.05, 3.63) is 24.3 Å². The van der Waals surface area contributed by atoms with Crippen molar-refractivity contribution in [3.8, 4) is 12.3 Å². The van der Waals surface area contributed by atoms with Crippen molar-refractivity contribution >= 4 is 21.7 Å². The van der Waals surface area contributed by atoms with Crippen LogP contribution in [0, 0.1) is 12.3 Å². The third-order valence-corrected chi connectivity index (χ3v) is 4.19. The minimum Gasteiger partial charge on any atom is -0.480 e. The monoisotopic (exact) mass is 310 g/mol. The molecule has 0 bridgehead atoms. The van der Waals surface area contributed by atoms with E-state index in [0.717, 1.165) is 0 Å². The third-order valence-electron chi connectivity index (χ3n) is 2.51. The second-order valence-electron chi connectivity index (χ2n) is 4.72. The van der Waals surface area contributed by atoms with E-state index >= 15 is 0 Å². The molecule has 0 aromatic heterocycles. The summed E-state index contributed by atoms with van der Waals surface area (Å²) in [5, 5.41) is 8.84. The number of terminal acetylenes is 1. The highest BCUT2D eigenvalue weighted by atomic mass is 32.2. The van der Waals surface area contributed by atoms with Gasteiger partial charge in [-0.2, -0.15) is 0 Å². The molecule has 0 aliphatic carbocycles. The largest absolute Gasteiger partial charge is 0.480 e. The maximum Gasteiger partial charge on any atom is 0.323 e. The van der Waals surface area contributed by atoms with E-state index < -0.39 is 16.0 Å². The number of rotatable bonds is 7. The van der Waals surface area contributed by atoms with E-state index in [2.05, 4.69) is 10.6 Å². The lowest BCUT2D eigenvalue weighted by Crippen LogP contribution is -2.31. The van der Waals surface area contributed by atoms with Gasteiger partial charge in [-0.25, -0.2) is 13.1 Å². The first-order valence-electron chi connectivity index (χ1n) is 6.29. The highest BCUT2D eigenvalue weighted by Gasteiger charge is 2.16. The minimum absolute atomic E-state index is 0.121. The number of nitrogens with one attached hydrogen (secondary N) is 1. The Bertz CT molecular complexity index is 630. The van der Waals surface area contributed by atoms with Crippen LogP contribution in [0.4, 0.5) is 5.69 Å². The zero-order valence-electron chi connectivity index (χ0n) is 11.9. The van der Waals surface area contributed by atoms with E-state index in [9.17, 15) is 13.2 Å². The molecule has 0 aliphatic heterocycles. The fraction of sp³-hybridized carbons (Fsp3) is 0.357. The molecule has 0 saturated heterocycles. The van der Waals surface area contributed by atoms with Gasteiger partial charge in [0.1, 0.15) is 6.54 Å². The number of hydrogen-bond donors (Lipinski definition) is 2. The summed E-state index contributed by atoms with van der Waals surface area (Å²) in [7, 11) is -3.56. The number of sulfonamides is 1. The van der Waals surface area contributed by atoms with E-state index in [1.807, 2.05) is 0 Å². The summed E-state index contributed by atoms with van der Waals surface area (Å²) >= 11 is 0. The van der Waals surface area contributed by atoms with Crippen molar-refractivity contribution in [2.24, 2.45) is 0 Å². The molecule has 21 heavy (non-hydrogen) atoms. The molecule has 1 aromatic carbocycles. The van der Waals surface area contributed by atoms with Crippen LogP contribution in [-0.4, -0.2) is 38.6 Å². The zero-order chi connectivity index (χ0) is 16.0. The van der Waals surface area contributed by atoms with Crippen LogP contribution in [0.25, 0.3) is 0 Å². The molecule has 0 spiro atoms. The van der Waals surface area contributed by atoms with E-state index in [1.165, 1.54) is 29.2 Å². The highest BCUT2D eigenvalue weighted by molar-refractivity contribution is 7.89. The molecule has 114 valence electrons. The van der Waals surface area contributed by atoms with Gasteiger partial charge in [-0.05, 0) is 38.1 Å². The van der Waals surface area contributed by atoms with E-state index in [4.69, 9.17) is 11.5 Å². The van der Waals surface area contributed by atoms with Crippen LogP contribution in [0.15, 0.2) is 29.2 Å². The van der Waals surface area contributed by atoms with Gasteiger partial charge in [0.05, 0.1) is 11.4 Å². The molecule has 0 atom stereocenters. The Kier molecular flexibility index (Phi) is 5.76. The summed E-state index contributed by atoms with van der Waals surface area (Å²) in [5.74, 6) is 1.36. The van der Waals surface area contributed by atoms with E-state index in [1.54, 1.807) is 13.8 Å². The van der Waals surface area contributed by atoms with Crippen molar-refractivity contribution in [2.45, 2.75) is 24.8 Å². The van der Waals surface area contributed by atoms with Crippen LogP contribution in [-0.2, 0) is 14.8 Å². The molecule has 0 heterocycles. The second kappa shape index (κ2) is 7.11. The fourth-order valence-electron chi connectivity index (χ4n) is 1.73. The summed E-state index contributed by atoms with van der Waals surface area (Å²) in [6.07, 6.45) is 5.21. The molecule has 0 radical (unpaired) electrons. The van der Waals surface area contributed by atoms with Gasteiger partial charge >= 0.3 is 5.97 Å². The molecule has 1 aromatic rings. The molecule has 0 fully saturated rings. The molecule has 7 heteroatoms. The van der Waals surface area contributed by atoms with Gasteiger partial charge in [0.15, 0.2) is 0 Å². The van der Waals surface area contributed by atoms with Crippen LogP contribution in [0.1, 0.15) is 13.8 Å². The van der Waals surface area contributed by atoms with E-state index in [0.29, 0.717) is 5.69 Å². The van der Waals surface area contributed by atoms with Crippen molar-refractivity contribution in [1.82, 2.24) is 4.72 Å². The molecule has 0 unspecified atom stereocenters. The zero-order valence-corrected chi connectivity index (χ0v) is 12.7. The number of nitrogens with zero attached hydrogens (tertiary/aromatic N) is 1. The predicted molar refractivity (Wildman–Crippen MR) is 80.6 cm³/mol. The van der Waals surface area contributed by atoms with Crippen molar-refractivity contribution in [1.29, 1.82) is 0 Å². The Morgan fingerprint density at radius 2 is 1.95 bits per heavy atom. The maximum absolute atomic E-state index is 12.0. The molecular weight excluding hydrogens is 292 g/mol. The quantitative estimate of drug-likeness (QED) is 0.731. The van der Waals surface area contributed by atoms with Gasteiger partial charge < -0.3 is 10.0 Å². The Labute approximate surface area is 124 Å². The van der Waals surface area contributed by atoms with Crippen LogP contribution in [0.5, 0.6) is 0 Å².